The van der Waals surface area contributed by atoms with Crippen LogP contribution in [0.5, 0.6) is 0 Å². The van der Waals surface area contributed by atoms with Gasteiger partial charge in [0.05, 0.1) is 5.69 Å². The van der Waals surface area contributed by atoms with Gasteiger partial charge < -0.3 is 15.4 Å². The van der Waals surface area contributed by atoms with Crippen LogP contribution in [0.2, 0.25) is 0 Å². The Balaban J connectivity index is 2.17. The number of alkyl carbamates (subject to hydrolysis) is 1. The van der Waals surface area contributed by atoms with Gasteiger partial charge in [0.2, 0.25) is 0 Å². The van der Waals surface area contributed by atoms with Crippen molar-refractivity contribution in [3.8, 4) is 0 Å². The van der Waals surface area contributed by atoms with E-state index < -0.39 is 11.7 Å². The Bertz CT molecular complexity index is 362. The van der Waals surface area contributed by atoms with Gasteiger partial charge in [-0.25, -0.2) is 4.79 Å². The molecule has 0 aliphatic rings. The molecule has 0 aliphatic carbocycles. The molecule has 1 amide bonds. The molecule has 0 saturated heterocycles. The van der Waals surface area contributed by atoms with Gasteiger partial charge in [-0.05, 0) is 39.2 Å². The van der Waals surface area contributed by atoms with Crippen LogP contribution in [0.15, 0.2) is 5.38 Å². The summed E-state index contributed by atoms with van der Waals surface area (Å²) in [5.41, 5.74) is 0.438. The summed E-state index contributed by atoms with van der Waals surface area (Å²) in [5.74, 6) is 0. The molecular formula is C11H20N4O2S. The fourth-order valence-electron chi connectivity index (χ4n) is 1.24. The predicted molar refractivity (Wildman–Crippen MR) is 70.4 cm³/mol. The lowest BCUT2D eigenvalue weighted by atomic mass is 10.2. The first kappa shape index (κ1) is 14.8. The molecular weight excluding hydrogens is 252 g/mol. The van der Waals surface area contributed by atoms with E-state index in [1.807, 2.05) is 33.1 Å². The lowest BCUT2D eigenvalue weighted by Gasteiger charge is -2.22. The molecule has 0 saturated carbocycles. The average Bonchev–Trinajstić information content (AvgIpc) is 2.66. The largest absolute Gasteiger partial charge is 0.444 e. The second-order valence-corrected chi connectivity index (χ2v) is 5.68. The maximum atomic E-state index is 11.5. The van der Waals surface area contributed by atoms with Crippen molar-refractivity contribution in [2.24, 2.45) is 0 Å². The van der Waals surface area contributed by atoms with Gasteiger partial charge in [0.15, 0.2) is 0 Å². The van der Waals surface area contributed by atoms with Crippen LogP contribution in [0.3, 0.4) is 0 Å². The highest BCUT2D eigenvalue weighted by Crippen LogP contribution is 2.06. The number of hydrogen-bond acceptors (Lipinski definition) is 6. The van der Waals surface area contributed by atoms with Crippen molar-refractivity contribution >= 4 is 17.6 Å². The topological polar surface area (TPSA) is 76.1 Å². The first-order valence-corrected chi connectivity index (χ1v) is 6.66. The van der Waals surface area contributed by atoms with Gasteiger partial charge in [0, 0.05) is 24.5 Å². The molecule has 1 aromatic heterocycles. The molecule has 1 heterocycles. The Morgan fingerprint density at radius 1 is 1.56 bits per heavy atom. The van der Waals surface area contributed by atoms with Gasteiger partial charge in [-0.3, -0.25) is 0 Å². The zero-order valence-electron chi connectivity index (χ0n) is 11.2. The molecule has 0 radical (unpaired) electrons. The summed E-state index contributed by atoms with van der Waals surface area (Å²) < 4.78 is 8.93. The molecule has 0 bridgehead atoms. The molecule has 0 aromatic carbocycles. The second-order valence-electron chi connectivity index (χ2n) is 5.07. The van der Waals surface area contributed by atoms with Gasteiger partial charge in [-0.2, -0.15) is 0 Å². The Morgan fingerprint density at radius 3 is 2.83 bits per heavy atom. The molecule has 18 heavy (non-hydrogen) atoms. The maximum absolute atomic E-state index is 11.5. The smallest absolute Gasteiger partial charge is 0.407 e. The van der Waals surface area contributed by atoms with Gasteiger partial charge in [0.1, 0.15) is 5.60 Å². The Labute approximate surface area is 111 Å². The average molecular weight is 272 g/mol. The zero-order chi connectivity index (χ0) is 13.6. The van der Waals surface area contributed by atoms with E-state index in [2.05, 4.69) is 20.2 Å². The summed E-state index contributed by atoms with van der Waals surface area (Å²) in [4.78, 5) is 11.5. The van der Waals surface area contributed by atoms with Crippen LogP contribution in [0.4, 0.5) is 4.79 Å². The SMILES string of the molecule is CC(CNCc1csnn1)NC(=O)OC(C)(C)C. The normalized spacial score (nSPS) is 13.1. The van der Waals surface area contributed by atoms with E-state index in [1.54, 1.807) is 0 Å². The van der Waals surface area contributed by atoms with Crippen LogP contribution in [-0.2, 0) is 11.3 Å². The standard InChI is InChI=1S/C11H20N4O2S/c1-8(13-10(16)17-11(2,3)4)5-12-6-9-7-18-15-14-9/h7-8,12H,5-6H2,1-4H3,(H,13,16). The first-order chi connectivity index (χ1) is 8.37. The van der Waals surface area contributed by atoms with Gasteiger partial charge in [-0.15, -0.1) is 5.10 Å². The lowest BCUT2D eigenvalue weighted by Crippen LogP contribution is -2.42. The number of hydrogen-bond donors (Lipinski definition) is 2. The number of nitrogens with zero attached hydrogens (tertiary/aromatic N) is 2. The quantitative estimate of drug-likeness (QED) is 0.850. The monoisotopic (exact) mass is 272 g/mol. The minimum atomic E-state index is -0.469. The third-order valence-corrected chi connectivity index (χ3v) is 2.48. The van der Waals surface area contributed by atoms with E-state index in [-0.39, 0.29) is 6.04 Å². The van der Waals surface area contributed by atoms with Gasteiger partial charge in [0.25, 0.3) is 0 Å². The van der Waals surface area contributed by atoms with E-state index >= 15 is 0 Å². The summed E-state index contributed by atoms with van der Waals surface area (Å²) in [6, 6.07) is -0.00792. The van der Waals surface area contributed by atoms with Crippen molar-refractivity contribution in [3.63, 3.8) is 0 Å². The Morgan fingerprint density at radius 2 is 2.28 bits per heavy atom. The van der Waals surface area contributed by atoms with Crippen molar-refractivity contribution in [2.75, 3.05) is 6.54 Å². The van der Waals surface area contributed by atoms with Gasteiger partial charge >= 0.3 is 6.09 Å². The Hall–Kier alpha value is -1.21. The molecule has 1 rings (SSSR count). The van der Waals surface area contributed by atoms with E-state index in [4.69, 9.17) is 4.74 Å². The van der Waals surface area contributed by atoms with Crippen molar-refractivity contribution in [1.29, 1.82) is 0 Å². The van der Waals surface area contributed by atoms with E-state index in [0.29, 0.717) is 13.1 Å². The van der Waals surface area contributed by atoms with Crippen molar-refractivity contribution in [2.45, 2.75) is 45.9 Å². The summed E-state index contributed by atoms with van der Waals surface area (Å²) in [7, 11) is 0. The number of rotatable bonds is 5. The lowest BCUT2D eigenvalue weighted by molar-refractivity contribution is 0.0508. The van der Waals surface area contributed by atoms with Gasteiger partial charge in [-0.1, -0.05) is 4.49 Å². The van der Waals surface area contributed by atoms with Crippen molar-refractivity contribution in [1.82, 2.24) is 20.2 Å². The highest BCUT2D eigenvalue weighted by atomic mass is 32.1. The number of nitrogens with one attached hydrogen (secondary N) is 2. The second kappa shape index (κ2) is 6.65. The van der Waals surface area contributed by atoms with Crippen molar-refractivity contribution in [3.05, 3.63) is 11.1 Å². The third kappa shape index (κ3) is 6.51. The van der Waals surface area contributed by atoms with E-state index in [1.165, 1.54) is 11.5 Å². The molecule has 2 N–H and O–H groups in total. The Kier molecular flexibility index (Phi) is 5.49. The molecule has 1 aromatic rings. The highest BCUT2D eigenvalue weighted by Gasteiger charge is 2.17. The van der Waals surface area contributed by atoms with E-state index in [9.17, 15) is 4.79 Å². The van der Waals surface area contributed by atoms with Crippen molar-refractivity contribution < 1.29 is 9.53 Å². The van der Waals surface area contributed by atoms with Crippen LogP contribution < -0.4 is 10.6 Å². The van der Waals surface area contributed by atoms with Crippen LogP contribution in [-0.4, -0.2) is 33.9 Å². The summed E-state index contributed by atoms with van der Waals surface area (Å²) in [5, 5.41) is 11.8. The van der Waals surface area contributed by atoms with Crippen LogP contribution in [0, 0.1) is 0 Å². The molecule has 0 spiro atoms. The van der Waals surface area contributed by atoms with Crippen LogP contribution in [0.1, 0.15) is 33.4 Å². The predicted octanol–water partition coefficient (Wildman–Crippen LogP) is 1.54. The number of amides is 1. The van der Waals surface area contributed by atoms with E-state index in [0.717, 1.165) is 5.69 Å². The minimum Gasteiger partial charge on any atom is -0.444 e. The summed E-state index contributed by atoms with van der Waals surface area (Å²) in [6.07, 6.45) is -0.396. The number of aromatic nitrogens is 2. The number of ether oxygens (including phenoxy) is 1. The molecule has 7 heteroatoms. The summed E-state index contributed by atoms with van der Waals surface area (Å²) >= 11 is 1.32. The number of carbonyl (C=O) groups excluding carboxylic acids is 1. The highest BCUT2D eigenvalue weighted by molar-refractivity contribution is 7.03. The molecule has 6 nitrogen and oxygen atoms in total. The zero-order valence-corrected chi connectivity index (χ0v) is 12.0. The third-order valence-electron chi connectivity index (χ3n) is 1.92. The molecule has 102 valence electrons. The number of carbonyl (C=O) groups is 1. The fraction of sp³-hybridized carbons (Fsp3) is 0.727. The van der Waals surface area contributed by atoms with Crippen LogP contribution in [0.25, 0.3) is 0 Å². The molecule has 0 aliphatic heterocycles. The summed E-state index contributed by atoms with van der Waals surface area (Å²) in [6.45, 7) is 8.73. The minimum absolute atomic E-state index is 0.00792. The fourth-order valence-corrected chi connectivity index (χ4v) is 1.69. The molecule has 1 unspecified atom stereocenters. The molecule has 1 atom stereocenters. The first-order valence-electron chi connectivity index (χ1n) is 5.83. The van der Waals surface area contributed by atoms with Crippen LogP contribution >= 0.6 is 11.5 Å². The maximum Gasteiger partial charge on any atom is 0.407 e. The molecule has 0 fully saturated rings.